The number of piperazine rings is 2. The Morgan fingerprint density at radius 1 is 1.08 bits per heavy atom. The molecule has 0 saturated carbocycles. The van der Waals surface area contributed by atoms with E-state index in [1.165, 1.54) is 5.69 Å². The maximum atomic E-state index is 10.3. The maximum Gasteiger partial charge on any atom is 0.169 e. The molecule has 0 amide bonds. The SMILES string of the molecule is CC1CN(CC#Cc2cc(N3C4CCC3CN(c3cc(-c5ccccc5O)nnc3N)C4)ccn2)CCN1. The molecule has 3 saturated heterocycles. The zero-order valence-electron chi connectivity index (χ0n) is 21.7. The second kappa shape index (κ2) is 10.5. The minimum atomic E-state index is 0.182. The summed E-state index contributed by atoms with van der Waals surface area (Å²) in [6, 6.07) is 14.6. The lowest BCUT2D eigenvalue weighted by atomic mass is 10.1. The number of rotatable bonds is 4. The molecule has 0 aliphatic carbocycles. The van der Waals surface area contributed by atoms with Crippen molar-refractivity contribution in [2.45, 2.75) is 37.9 Å². The van der Waals surface area contributed by atoms with E-state index in [1.807, 2.05) is 24.4 Å². The molecular weight excluding hydrogens is 476 g/mol. The van der Waals surface area contributed by atoms with E-state index in [4.69, 9.17) is 5.73 Å². The number of aromatic nitrogens is 3. The highest BCUT2D eigenvalue weighted by molar-refractivity contribution is 5.74. The summed E-state index contributed by atoms with van der Waals surface area (Å²) in [7, 11) is 0. The summed E-state index contributed by atoms with van der Waals surface area (Å²) in [6.45, 7) is 7.75. The van der Waals surface area contributed by atoms with E-state index >= 15 is 0 Å². The molecule has 9 heteroatoms. The number of hydrogen-bond donors (Lipinski definition) is 3. The van der Waals surface area contributed by atoms with Gasteiger partial charge in [0, 0.05) is 68.3 Å². The Labute approximate surface area is 223 Å². The Hall–Kier alpha value is -3.87. The standard InChI is InChI=1S/C29H34N8O/c1-20-17-35(14-12-31-20)13-4-5-21-15-22(10-11-32-21)37-23-8-9-24(37)19-36(18-23)27-16-26(33-34-29(27)30)25-6-2-3-7-28(25)38/h2-3,6-7,10-11,15-16,20,23-24,31,38H,8-9,12-14,17-19H2,1H3,(H2,30,34). The van der Waals surface area contributed by atoms with Crippen LogP contribution in [0.15, 0.2) is 48.7 Å². The highest BCUT2D eigenvalue weighted by atomic mass is 16.3. The molecule has 196 valence electrons. The van der Waals surface area contributed by atoms with Gasteiger partial charge in [0.25, 0.3) is 0 Å². The fourth-order valence-corrected chi connectivity index (χ4v) is 6.03. The molecule has 0 radical (unpaired) electrons. The summed E-state index contributed by atoms with van der Waals surface area (Å²) in [5, 5.41) is 22.3. The van der Waals surface area contributed by atoms with Crippen LogP contribution in [0.5, 0.6) is 5.75 Å². The molecule has 3 unspecified atom stereocenters. The molecule has 9 nitrogen and oxygen atoms in total. The Morgan fingerprint density at radius 3 is 2.68 bits per heavy atom. The monoisotopic (exact) mass is 510 g/mol. The molecule has 1 aromatic carbocycles. The molecule has 4 N–H and O–H groups in total. The van der Waals surface area contributed by atoms with Gasteiger partial charge in [-0.2, -0.15) is 0 Å². The summed E-state index contributed by atoms with van der Waals surface area (Å²) in [5.41, 5.74) is 10.5. The summed E-state index contributed by atoms with van der Waals surface area (Å²) >= 11 is 0. The molecule has 3 aromatic rings. The number of pyridine rings is 1. The lowest BCUT2D eigenvalue weighted by Gasteiger charge is -2.43. The molecule has 0 spiro atoms. The van der Waals surface area contributed by atoms with E-state index in [0.29, 0.717) is 35.2 Å². The zero-order chi connectivity index (χ0) is 26.1. The first kappa shape index (κ1) is 24.5. The van der Waals surface area contributed by atoms with Gasteiger partial charge in [0.2, 0.25) is 0 Å². The van der Waals surface area contributed by atoms with Crippen molar-refractivity contribution in [3.8, 4) is 28.8 Å². The molecule has 3 fully saturated rings. The Kier molecular flexibility index (Phi) is 6.75. The second-order valence-electron chi connectivity index (χ2n) is 10.5. The van der Waals surface area contributed by atoms with Crippen LogP contribution in [0.2, 0.25) is 0 Å². The summed E-state index contributed by atoms with van der Waals surface area (Å²) < 4.78 is 0. The van der Waals surface area contributed by atoms with Crippen LogP contribution in [0.4, 0.5) is 17.2 Å². The van der Waals surface area contributed by atoms with Crippen molar-refractivity contribution in [3.05, 3.63) is 54.4 Å². The number of anilines is 3. The van der Waals surface area contributed by atoms with Crippen molar-refractivity contribution < 1.29 is 5.11 Å². The summed E-state index contributed by atoms with van der Waals surface area (Å²) in [4.78, 5) is 11.8. The fourth-order valence-electron chi connectivity index (χ4n) is 6.03. The lowest BCUT2D eigenvalue weighted by Crippen LogP contribution is -2.54. The maximum absolute atomic E-state index is 10.3. The molecule has 3 aliphatic heterocycles. The average molecular weight is 511 g/mol. The predicted octanol–water partition coefficient (Wildman–Crippen LogP) is 2.33. The van der Waals surface area contributed by atoms with Gasteiger partial charge >= 0.3 is 0 Å². The summed E-state index contributed by atoms with van der Waals surface area (Å²) in [5.74, 6) is 7.22. The summed E-state index contributed by atoms with van der Waals surface area (Å²) in [6.07, 6.45) is 4.12. The number of nitrogens with two attached hydrogens (primary N) is 1. The van der Waals surface area contributed by atoms with E-state index in [0.717, 1.165) is 63.5 Å². The third kappa shape index (κ3) is 4.97. The van der Waals surface area contributed by atoms with E-state index in [2.05, 4.69) is 66.1 Å². The van der Waals surface area contributed by atoms with Crippen LogP contribution < -0.4 is 20.9 Å². The number of nitrogen functional groups attached to an aromatic ring is 1. The van der Waals surface area contributed by atoms with Gasteiger partial charge in [0.1, 0.15) is 11.4 Å². The van der Waals surface area contributed by atoms with Crippen LogP contribution in [0.1, 0.15) is 25.5 Å². The minimum Gasteiger partial charge on any atom is -0.507 e. The lowest BCUT2D eigenvalue weighted by molar-refractivity contribution is 0.229. The minimum absolute atomic E-state index is 0.182. The van der Waals surface area contributed by atoms with E-state index in [9.17, 15) is 5.11 Å². The second-order valence-corrected chi connectivity index (χ2v) is 10.5. The van der Waals surface area contributed by atoms with Crippen LogP contribution in [0.3, 0.4) is 0 Å². The third-order valence-corrected chi connectivity index (χ3v) is 7.82. The van der Waals surface area contributed by atoms with Crippen molar-refractivity contribution in [1.29, 1.82) is 0 Å². The van der Waals surface area contributed by atoms with Crippen LogP contribution in [-0.2, 0) is 0 Å². The number of aromatic hydroxyl groups is 1. The number of nitrogens with one attached hydrogen (secondary N) is 1. The Morgan fingerprint density at radius 2 is 1.89 bits per heavy atom. The number of para-hydroxylation sites is 1. The van der Waals surface area contributed by atoms with E-state index in [1.54, 1.807) is 12.1 Å². The van der Waals surface area contributed by atoms with Crippen LogP contribution >= 0.6 is 0 Å². The number of benzene rings is 1. The normalized spacial score (nSPS) is 23.2. The number of fused-ring (bicyclic) bond motifs is 2. The number of nitrogens with zero attached hydrogens (tertiary/aromatic N) is 6. The molecule has 3 atom stereocenters. The van der Waals surface area contributed by atoms with Gasteiger partial charge in [-0.15, -0.1) is 10.2 Å². The molecule has 2 aromatic heterocycles. The van der Waals surface area contributed by atoms with Crippen molar-refractivity contribution in [2.75, 3.05) is 54.8 Å². The Balaban J connectivity index is 1.18. The van der Waals surface area contributed by atoms with Gasteiger partial charge in [-0.05, 0) is 56.0 Å². The smallest absolute Gasteiger partial charge is 0.169 e. The largest absolute Gasteiger partial charge is 0.507 e. The van der Waals surface area contributed by atoms with E-state index in [-0.39, 0.29) is 5.75 Å². The average Bonchev–Trinajstić information content (AvgIpc) is 3.19. The molecule has 38 heavy (non-hydrogen) atoms. The van der Waals surface area contributed by atoms with Gasteiger partial charge in [0.05, 0.1) is 17.9 Å². The third-order valence-electron chi connectivity index (χ3n) is 7.82. The van der Waals surface area contributed by atoms with Crippen LogP contribution in [-0.4, -0.2) is 82.6 Å². The molecule has 6 rings (SSSR count). The van der Waals surface area contributed by atoms with Crippen molar-refractivity contribution in [3.63, 3.8) is 0 Å². The van der Waals surface area contributed by atoms with Gasteiger partial charge in [-0.1, -0.05) is 18.1 Å². The van der Waals surface area contributed by atoms with Crippen molar-refractivity contribution in [1.82, 2.24) is 25.4 Å². The van der Waals surface area contributed by atoms with Gasteiger partial charge < -0.3 is 26.0 Å². The first-order chi connectivity index (χ1) is 18.5. The highest BCUT2D eigenvalue weighted by Crippen LogP contribution is 2.38. The van der Waals surface area contributed by atoms with Crippen LogP contribution in [0, 0.1) is 11.8 Å². The molecule has 3 aliphatic rings. The van der Waals surface area contributed by atoms with Crippen molar-refractivity contribution in [2.24, 2.45) is 0 Å². The van der Waals surface area contributed by atoms with Gasteiger partial charge in [0.15, 0.2) is 5.82 Å². The molecular formula is C29H34N8O. The first-order valence-corrected chi connectivity index (χ1v) is 13.4. The first-order valence-electron chi connectivity index (χ1n) is 13.4. The number of phenols is 1. The molecule has 2 bridgehead atoms. The van der Waals surface area contributed by atoms with Gasteiger partial charge in [-0.3, -0.25) is 4.90 Å². The van der Waals surface area contributed by atoms with E-state index < -0.39 is 0 Å². The fraction of sp³-hybridized carbons (Fsp3) is 0.414. The van der Waals surface area contributed by atoms with Crippen LogP contribution in [0.25, 0.3) is 11.3 Å². The topological polar surface area (TPSA) is 107 Å². The molecule has 5 heterocycles. The quantitative estimate of drug-likeness (QED) is 0.456. The zero-order valence-corrected chi connectivity index (χ0v) is 21.7. The van der Waals surface area contributed by atoms with Gasteiger partial charge in [-0.25, -0.2) is 4.98 Å². The number of hydrogen-bond acceptors (Lipinski definition) is 9. The number of phenolic OH excluding ortho intramolecular Hbond substituents is 1. The van der Waals surface area contributed by atoms with Crippen molar-refractivity contribution >= 4 is 17.2 Å². The Bertz CT molecular complexity index is 1350. The predicted molar refractivity (Wildman–Crippen MR) is 150 cm³/mol. The highest BCUT2D eigenvalue weighted by Gasteiger charge is 2.40.